The number of rotatable bonds is 1. The quantitative estimate of drug-likeness (QED) is 0.779. The SMILES string of the molecule is CC1(C)CCN(C(=O)c2cccc(N)n2)C1. The summed E-state index contributed by atoms with van der Waals surface area (Å²) in [6, 6.07) is 5.16. The highest BCUT2D eigenvalue weighted by Crippen LogP contribution is 2.29. The number of nitrogens with zero attached hydrogens (tertiary/aromatic N) is 2. The average molecular weight is 219 g/mol. The lowest BCUT2D eigenvalue weighted by Gasteiger charge is -2.19. The highest BCUT2D eigenvalue weighted by atomic mass is 16.2. The third-order valence-electron chi connectivity index (χ3n) is 2.95. The molecule has 4 heteroatoms. The molecule has 1 amide bonds. The molecule has 1 saturated heterocycles. The number of nitrogens with two attached hydrogens (primary N) is 1. The maximum absolute atomic E-state index is 12.1. The van der Waals surface area contributed by atoms with Gasteiger partial charge < -0.3 is 10.6 Å². The van der Waals surface area contributed by atoms with Crippen molar-refractivity contribution in [2.24, 2.45) is 5.41 Å². The Kier molecular flexibility index (Phi) is 2.58. The van der Waals surface area contributed by atoms with Crippen LogP contribution in [0.4, 0.5) is 5.82 Å². The van der Waals surface area contributed by atoms with Crippen LogP contribution in [0, 0.1) is 5.41 Å². The van der Waals surface area contributed by atoms with E-state index in [4.69, 9.17) is 5.73 Å². The Labute approximate surface area is 95.5 Å². The fraction of sp³-hybridized carbons (Fsp3) is 0.500. The first-order valence-electron chi connectivity index (χ1n) is 5.50. The van der Waals surface area contributed by atoms with Crippen LogP contribution in [0.5, 0.6) is 0 Å². The molecule has 0 aliphatic carbocycles. The van der Waals surface area contributed by atoms with E-state index in [1.807, 2.05) is 4.90 Å². The maximum atomic E-state index is 12.1. The van der Waals surface area contributed by atoms with E-state index in [9.17, 15) is 4.79 Å². The molecule has 0 bridgehead atoms. The number of nitrogen functional groups attached to an aromatic ring is 1. The zero-order chi connectivity index (χ0) is 11.8. The molecule has 2 N–H and O–H groups in total. The second kappa shape index (κ2) is 3.77. The molecule has 0 spiro atoms. The van der Waals surface area contributed by atoms with Gasteiger partial charge in [-0.05, 0) is 24.0 Å². The number of anilines is 1. The summed E-state index contributed by atoms with van der Waals surface area (Å²) in [5, 5.41) is 0. The summed E-state index contributed by atoms with van der Waals surface area (Å²) in [5.74, 6) is 0.377. The molecule has 4 nitrogen and oxygen atoms in total. The van der Waals surface area contributed by atoms with E-state index in [1.54, 1.807) is 18.2 Å². The second-order valence-electron chi connectivity index (χ2n) is 5.09. The number of carbonyl (C=O) groups is 1. The Bertz CT molecular complexity index is 414. The van der Waals surface area contributed by atoms with Gasteiger partial charge in [-0.15, -0.1) is 0 Å². The van der Waals surface area contributed by atoms with Crippen molar-refractivity contribution in [2.75, 3.05) is 18.8 Å². The number of carbonyl (C=O) groups excluding carboxylic acids is 1. The smallest absolute Gasteiger partial charge is 0.272 e. The topological polar surface area (TPSA) is 59.2 Å². The van der Waals surface area contributed by atoms with E-state index in [1.165, 1.54) is 0 Å². The average Bonchev–Trinajstić information content (AvgIpc) is 2.58. The molecule has 0 radical (unpaired) electrons. The number of likely N-dealkylation sites (tertiary alicyclic amines) is 1. The molecule has 1 aliphatic rings. The van der Waals surface area contributed by atoms with Gasteiger partial charge in [0.2, 0.25) is 0 Å². The van der Waals surface area contributed by atoms with E-state index >= 15 is 0 Å². The molecule has 1 aromatic heterocycles. The molecular weight excluding hydrogens is 202 g/mol. The lowest BCUT2D eigenvalue weighted by molar-refractivity contribution is 0.0772. The van der Waals surface area contributed by atoms with Crippen LogP contribution in [0.25, 0.3) is 0 Å². The largest absolute Gasteiger partial charge is 0.384 e. The third-order valence-corrected chi connectivity index (χ3v) is 2.95. The summed E-state index contributed by atoms with van der Waals surface area (Å²) in [7, 11) is 0. The Balaban J connectivity index is 2.15. The summed E-state index contributed by atoms with van der Waals surface area (Å²) in [6.07, 6.45) is 1.04. The van der Waals surface area contributed by atoms with Gasteiger partial charge >= 0.3 is 0 Å². The molecule has 2 rings (SSSR count). The molecule has 0 atom stereocenters. The zero-order valence-corrected chi connectivity index (χ0v) is 9.73. The van der Waals surface area contributed by atoms with Gasteiger partial charge in [0.05, 0.1) is 0 Å². The van der Waals surface area contributed by atoms with Gasteiger partial charge in [-0.2, -0.15) is 0 Å². The molecule has 2 heterocycles. The van der Waals surface area contributed by atoms with Gasteiger partial charge in [0.15, 0.2) is 0 Å². The monoisotopic (exact) mass is 219 g/mol. The van der Waals surface area contributed by atoms with E-state index in [-0.39, 0.29) is 11.3 Å². The lowest BCUT2D eigenvalue weighted by Crippen LogP contribution is -2.30. The Morgan fingerprint density at radius 2 is 2.25 bits per heavy atom. The van der Waals surface area contributed by atoms with Crippen LogP contribution < -0.4 is 5.73 Å². The van der Waals surface area contributed by atoms with Crippen molar-refractivity contribution in [3.05, 3.63) is 23.9 Å². The number of aromatic nitrogens is 1. The summed E-state index contributed by atoms with van der Waals surface area (Å²) < 4.78 is 0. The normalized spacial score (nSPS) is 18.8. The highest BCUT2D eigenvalue weighted by molar-refractivity contribution is 5.92. The summed E-state index contributed by atoms with van der Waals surface area (Å²) in [4.78, 5) is 18.0. The summed E-state index contributed by atoms with van der Waals surface area (Å²) in [6.45, 7) is 5.95. The van der Waals surface area contributed by atoms with Gasteiger partial charge in [0.25, 0.3) is 5.91 Å². The Morgan fingerprint density at radius 3 is 2.81 bits per heavy atom. The molecule has 1 aliphatic heterocycles. The number of hydrogen-bond acceptors (Lipinski definition) is 3. The van der Waals surface area contributed by atoms with Crippen molar-refractivity contribution >= 4 is 11.7 Å². The van der Waals surface area contributed by atoms with Crippen molar-refractivity contribution in [3.8, 4) is 0 Å². The van der Waals surface area contributed by atoms with Gasteiger partial charge in [-0.25, -0.2) is 4.98 Å². The van der Waals surface area contributed by atoms with Crippen LogP contribution in [-0.4, -0.2) is 28.9 Å². The highest BCUT2D eigenvalue weighted by Gasteiger charge is 2.32. The van der Waals surface area contributed by atoms with Gasteiger partial charge in [0, 0.05) is 13.1 Å². The van der Waals surface area contributed by atoms with Crippen LogP contribution in [0.3, 0.4) is 0 Å². The predicted octanol–water partition coefficient (Wildman–Crippen LogP) is 1.54. The minimum atomic E-state index is -0.0159. The van der Waals surface area contributed by atoms with Gasteiger partial charge in [-0.3, -0.25) is 4.79 Å². The number of pyridine rings is 1. The van der Waals surface area contributed by atoms with Crippen molar-refractivity contribution in [3.63, 3.8) is 0 Å². The summed E-state index contributed by atoms with van der Waals surface area (Å²) >= 11 is 0. The first-order valence-corrected chi connectivity index (χ1v) is 5.50. The first kappa shape index (κ1) is 10.9. The lowest BCUT2D eigenvalue weighted by atomic mass is 9.93. The minimum absolute atomic E-state index is 0.0159. The van der Waals surface area contributed by atoms with Crippen LogP contribution in [-0.2, 0) is 0 Å². The van der Waals surface area contributed by atoms with Crippen molar-refractivity contribution in [1.29, 1.82) is 0 Å². The van der Waals surface area contributed by atoms with Crippen molar-refractivity contribution < 1.29 is 4.79 Å². The third kappa shape index (κ3) is 2.15. The van der Waals surface area contributed by atoms with Crippen molar-refractivity contribution in [2.45, 2.75) is 20.3 Å². The van der Waals surface area contributed by atoms with Gasteiger partial charge in [0.1, 0.15) is 11.5 Å². The molecule has 0 unspecified atom stereocenters. The molecule has 16 heavy (non-hydrogen) atoms. The van der Waals surface area contributed by atoms with E-state index in [0.717, 1.165) is 19.5 Å². The molecular formula is C12H17N3O. The standard InChI is InChI=1S/C12H17N3O/c1-12(2)6-7-15(8-12)11(16)9-4-3-5-10(13)14-9/h3-5H,6-8H2,1-2H3,(H2,13,14). The molecule has 1 fully saturated rings. The Hall–Kier alpha value is -1.58. The van der Waals surface area contributed by atoms with Crippen LogP contribution >= 0.6 is 0 Å². The van der Waals surface area contributed by atoms with E-state index in [2.05, 4.69) is 18.8 Å². The van der Waals surface area contributed by atoms with Gasteiger partial charge in [-0.1, -0.05) is 19.9 Å². The van der Waals surface area contributed by atoms with E-state index < -0.39 is 0 Å². The van der Waals surface area contributed by atoms with Crippen LogP contribution in [0.1, 0.15) is 30.8 Å². The van der Waals surface area contributed by atoms with E-state index in [0.29, 0.717) is 11.5 Å². The number of amides is 1. The summed E-state index contributed by atoms with van der Waals surface area (Å²) in [5.41, 5.74) is 6.23. The zero-order valence-electron chi connectivity index (χ0n) is 9.73. The molecule has 0 aromatic carbocycles. The first-order chi connectivity index (χ1) is 7.48. The molecule has 1 aromatic rings. The van der Waals surface area contributed by atoms with Crippen LogP contribution in [0.2, 0.25) is 0 Å². The number of hydrogen-bond donors (Lipinski definition) is 1. The fourth-order valence-corrected chi connectivity index (χ4v) is 2.02. The van der Waals surface area contributed by atoms with Crippen molar-refractivity contribution in [1.82, 2.24) is 9.88 Å². The predicted molar refractivity (Wildman–Crippen MR) is 63.0 cm³/mol. The second-order valence-corrected chi connectivity index (χ2v) is 5.09. The van der Waals surface area contributed by atoms with Crippen LogP contribution in [0.15, 0.2) is 18.2 Å². The Morgan fingerprint density at radius 1 is 1.50 bits per heavy atom. The fourth-order valence-electron chi connectivity index (χ4n) is 2.02. The molecule has 0 saturated carbocycles. The minimum Gasteiger partial charge on any atom is -0.384 e. The molecule has 86 valence electrons. The maximum Gasteiger partial charge on any atom is 0.272 e.